The Hall–Kier alpha value is -1.24. The van der Waals surface area contributed by atoms with Crippen LogP contribution in [-0.4, -0.2) is 17.8 Å². The fourth-order valence-electron chi connectivity index (χ4n) is 5.18. The summed E-state index contributed by atoms with van der Waals surface area (Å²) >= 11 is 0. The molecule has 3 aromatic carbocycles. The van der Waals surface area contributed by atoms with Crippen LogP contribution in [0.5, 0.6) is 0 Å². The number of benzene rings is 3. The molecule has 6 heteroatoms. The standard InChI is InChI=1S/C28H28NO2P2.C5H5.Fe/c1-22-14-13-21-27(22)33(30)29(3)23(2)28(31-33,24-15-7-4-8-16-24)32(25-17-9-5-10-18-25)26-19-11-6-12-20-26;1-2-4-5-3-1;/h4-21,23H,1-3H3;1-5H;/q;;+2/t23-,28+,33+;;/m0../s1. The smallest absolute Gasteiger partial charge is 0.298 e. The first-order chi connectivity index (χ1) is 18.5. The van der Waals surface area contributed by atoms with Crippen LogP contribution in [-0.2, 0) is 31.5 Å². The van der Waals surface area contributed by atoms with Crippen LogP contribution in [0.4, 0.5) is 0 Å². The van der Waals surface area contributed by atoms with Crippen molar-refractivity contribution in [1.29, 1.82) is 0 Å². The summed E-state index contributed by atoms with van der Waals surface area (Å²) in [7, 11) is -2.40. The van der Waals surface area contributed by atoms with Gasteiger partial charge in [-0.05, 0) is 95.4 Å². The zero-order chi connectivity index (χ0) is 26.6. The van der Waals surface area contributed by atoms with E-state index in [0.717, 1.165) is 17.1 Å². The first-order valence-corrected chi connectivity index (χ1v) is 15.8. The summed E-state index contributed by atoms with van der Waals surface area (Å²) in [5.74, 6) is 1.00. The summed E-state index contributed by atoms with van der Waals surface area (Å²) in [6.07, 6.45) is 15.9. The largest absolute Gasteiger partial charge is 2.00 e. The van der Waals surface area contributed by atoms with Crippen molar-refractivity contribution in [3.8, 4) is 0 Å². The first-order valence-electron chi connectivity index (χ1n) is 12.9. The molecule has 3 aliphatic rings. The number of nitrogens with zero attached hydrogens (tertiary/aromatic N) is 1. The Labute approximate surface area is 247 Å². The first kappa shape index (κ1) is 30.7. The van der Waals surface area contributed by atoms with Gasteiger partial charge in [-0.15, -0.1) is 0 Å². The molecule has 1 saturated heterocycles. The van der Waals surface area contributed by atoms with E-state index in [2.05, 4.69) is 67.6 Å². The molecule has 3 aromatic rings. The molecule has 10 radical (unpaired) electrons. The van der Waals surface area contributed by atoms with Crippen molar-refractivity contribution in [3.05, 3.63) is 160 Å². The van der Waals surface area contributed by atoms with Crippen LogP contribution in [0.15, 0.2) is 91.0 Å². The third-order valence-corrected chi connectivity index (χ3v) is 13.2. The molecule has 6 rings (SSSR count). The summed E-state index contributed by atoms with van der Waals surface area (Å²) in [5.41, 5.74) is 1.86. The third-order valence-electron chi connectivity index (χ3n) is 7.22. The molecule has 2 aliphatic carbocycles. The second-order valence-electron chi connectivity index (χ2n) is 9.49. The van der Waals surface area contributed by atoms with Crippen molar-refractivity contribution in [2.24, 2.45) is 0 Å². The zero-order valence-corrected chi connectivity index (χ0v) is 25.3. The quantitative estimate of drug-likeness (QED) is 0.230. The topological polar surface area (TPSA) is 29.5 Å². The fraction of sp³-hybridized carbons (Fsp3) is 0.152. The van der Waals surface area contributed by atoms with E-state index < -0.39 is 20.8 Å². The predicted octanol–water partition coefficient (Wildman–Crippen LogP) is 7.29. The second-order valence-corrected chi connectivity index (χ2v) is 14.2. The maximum absolute atomic E-state index is 14.7. The number of likely N-dealkylation sites (N-methyl/N-ethyl adjacent to an activating group) is 1. The van der Waals surface area contributed by atoms with Gasteiger partial charge in [-0.3, -0.25) is 9.09 Å². The molecule has 3 atom stereocenters. The van der Waals surface area contributed by atoms with Crippen LogP contribution in [0, 0.1) is 62.9 Å². The molecule has 2 saturated carbocycles. The van der Waals surface area contributed by atoms with E-state index in [-0.39, 0.29) is 23.1 Å². The van der Waals surface area contributed by atoms with Gasteiger partial charge in [0, 0.05) is 0 Å². The second kappa shape index (κ2) is 13.6. The molecule has 0 spiro atoms. The molecule has 39 heavy (non-hydrogen) atoms. The minimum absolute atomic E-state index is 0. The maximum atomic E-state index is 14.7. The summed E-state index contributed by atoms with van der Waals surface area (Å²) in [5, 5.41) is 1.62. The summed E-state index contributed by atoms with van der Waals surface area (Å²) < 4.78 is 23.8. The van der Waals surface area contributed by atoms with Crippen LogP contribution in [0.25, 0.3) is 0 Å². The van der Waals surface area contributed by atoms with Crippen molar-refractivity contribution in [3.63, 3.8) is 0 Å². The van der Waals surface area contributed by atoms with Crippen molar-refractivity contribution < 1.29 is 26.2 Å². The zero-order valence-electron chi connectivity index (χ0n) is 22.4. The predicted molar refractivity (Wildman–Crippen MR) is 160 cm³/mol. The maximum Gasteiger partial charge on any atom is 2.00 e. The van der Waals surface area contributed by atoms with Gasteiger partial charge in [0.25, 0.3) is 7.52 Å². The molecule has 3 nitrogen and oxygen atoms in total. The van der Waals surface area contributed by atoms with Crippen LogP contribution in [0.2, 0.25) is 0 Å². The Balaban J connectivity index is 0.000000530. The van der Waals surface area contributed by atoms with Gasteiger partial charge in [0.1, 0.15) is 5.34 Å². The Morgan fingerprint density at radius 1 is 0.744 bits per heavy atom. The SMILES string of the molecule is C[C]1[CH][CH][CH][C]1[P@@]1(=O)O[C@@](c2ccccc2)(P(c2ccccc2)c2ccccc2)[C@H](C)N1C.[CH]1[CH][CH][CH][CH]1.[Fe+2]. The van der Waals surface area contributed by atoms with E-state index in [1.165, 1.54) is 10.6 Å². The van der Waals surface area contributed by atoms with Crippen LogP contribution >= 0.6 is 15.4 Å². The van der Waals surface area contributed by atoms with E-state index in [0.29, 0.717) is 0 Å². The summed E-state index contributed by atoms with van der Waals surface area (Å²) in [6, 6.07) is 31.4. The summed E-state index contributed by atoms with van der Waals surface area (Å²) in [4.78, 5) is 0. The number of rotatable bonds is 5. The molecular weight excluding hydrogens is 560 g/mol. The van der Waals surface area contributed by atoms with Crippen molar-refractivity contribution >= 4 is 26.1 Å². The summed E-state index contributed by atoms with van der Waals surface area (Å²) in [6.45, 7) is 4.17. The number of hydrogen-bond donors (Lipinski definition) is 0. The van der Waals surface area contributed by atoms with Gasteiger partial charge < -0.3 is 0 Å². The molecule has 0 bridgehead atoms. The number of hydrogen-bond acceptors (Lipinski definition) is 2. The van der Waals surface area contributed by atoms with E-state index >= 15 is 0 Å². The molecule has 0 amide bonds. The van der Waals surface area contributed by atoms with Gasteiger partial charge in [-0.2, -0.15) is 0 Å². The molecule has 0 unspecified atom stereocenters. The van der Waals surface area contributed by atoms with Crippen molar-refractivity contribution in [2.75, 3.05) is 7.05 Å². The normalized spacial score (nSPS) is 27.7. The van der Waals surface area contributed by atoms with Gasteiger partial charge in [-0.1, -0.05) is 97.9 Å². The Bertz CT molecular complexity index is 1160. The molecule has 0 N–H and O–H groups in total. The van der Waals surface area contributed by atoms with E-state index in [1.54, 1.807) is 0 Å². The van der Waals surface area contributed by atoms with E-state index in [4.69, 9.17) is 4.52 Å². The molecule has 198 valence electrons. The third kappa shape index (κ3) is 6.04. The van der Waals surface area contributed by atoms with Crippen molar-refractivity contribution in [1.82, 2.24) is 4.67 Å². The van der Waals surface area contributed by atoms with Crippen LogP contribution < -0.4 is 10.6 Å². The Kier molecular flexibility index (Phi) is 10.7. The Morgan fingerprint density at radius 3 is 1.64 bits per heavy atom. The van der Waals surface area contributed by atoms with Gasteiger partial charge >= 0.3 is 17.1 Å². The monoisotopic (exact) mass is 593 g/mol. The van der Waals surface area contributed by atoms with E-state index in [9.17, 15) is 4.57 Å². The average molecular weight is 593 g/mol. The van der Waals surface area contributed by atoms with Gasteiger partial charge in [0.2, 0.25) is 0 Å². The molecule has 3 fully saturated rings. The van der Waals surface area contributed by atoms with Gasteiger partial charge in [0.15, 0.2) is 0 Å². The van der Waals surface area contributed by atoms with Gasteiger partial charge in [0.05, 0.1) is 11.7 Å². The van der Waals surface area contributed by atoms with Gasteiger partial charge in [-0.25, -0.2) is 4.67 Å². The molecule has 1 heterocycles. The minimum Gasteiger partial charge on any atom is -0.298 e. The average Bonchev–Trinajstić information content (AvgIpc) is 3.72. The van der Waals surface area contributed by atoms with Crippen LogP contribution in [0.3, 0.4) is 0 Å². The fourth-order valence-corrected chi connectivity index (χ4v) is 11.5. The minimum atomic E-state index is -3.29. The molecular formula is C33H33FeNO2P2+2. The van der Waals surface area contributed by atoms with Crippen molar-refractivity contribution in [2.45, 2.75) is 25.2 Å². The van der Waals surface area contributed by atoms with E-state index in [1.807, 2.05) is 100 Å². The molecule has 0 aromatic heterocycles. The Morgan fingerprint density at radius 2 is 1.21 bits per heavy atom. The van der Waals surface area contributed by atoms with Crippen LogP contribution in [0.1, 0.15) is 19.4 Å². The molecule has 1 aliphatic heterocycles.